The molecule has 0 aromatic heterocycles. The molecule has 0 aromatic carbocycles. The minimum Gasteiger partial charge on any atom is -0.462 e. The maximum Gasteiger partial charge on any atom is 0.472 e. The molecule has 0 spiro atoms. The van der Waals surface area contributed by atoms with E-state index in [0.717, 1.165) is 83.5 Å². The van der Waals surface area contributed by atoms with Gasteiger partial charge in [0.15, 0.2) is 6.10 Å². The number of carbonyl (C=O) groups excluding carboxylic acids is 2. The maximum absolute atomic E-state index is 12.6. The Morgan fingerprint density at radius 1 is 0.544 bits per heavy atom. The van der Waals surface area contributed by atoms with Crippen LogP contribution in [0.2, 0.25) is 0 Å². The Kier molecular flexibility index (Phi) is 42.0. The molecule has 0 bridgehead atoms. The molecule has 3 N–H and O–H groups in total. The van der Waals surface area contributed by atoms with Crippen molar-refractivity contribution >= 4 is 19.8 Å². The second-order valence-corrected chi connectivity index (χ2v) is 16.7. The molecule has 9 nitrogen and oxygen atoms in total. The Labute approximate surface area is 349 Å². The molecule has 0 saturated carbocycles. The molecule has 10 heteroatoms. The lowest BCUT2D eigenvalue weighted by Gasteiger charge is -2.19. The van der Waals surface area contributed by atoms with E-state index in [1.807, 2.05) is 0 Å². The highest BCUT2D eigenvalue weighted by Crippen LogP contribution is 2.43. The van der Waals surface area contributed by atoms with E-state index < -0.39 is 26.5 Å². The van der Waals surface area contributed by atoms with E-state index in [1.165, 1.54) is 89.9 Å². The highest BCUT2D eigenvalue weighted by molar-refractivity contribution is 7.47. The van der Waals surface area contributed by atoms with E-state index in [4.69, 9.17) is 24.3 Å². The molecule has 2 unspecified atom stereocenters. The van der Waals surface area contributed by atoms with Crippen LogP contribution in [0.5, 0.6) is 0 Å². The lowest BCUT2D eigenvalue weighted by Crippen LogP contribution is -2.29. The second kappa shape index (κ2) is 43.5. The molecule has 0 radical (unpaired) electrons. The van der Waals surface area contributed by atoms with Gasteiger partial charge in [-0.3, -0.25) is 18.6 Å². The van der Waals surface area contributed by atoms with Crippen LogP contribution in [-0.4, -0.2) is 49.3 Å². The average molecular weight is 824 g/mol. The third-order valence-electron chi connectivity index (χ3n) is 9.73. The van der Waals surface area contributed by atoms with E-state index >= 15 is 0 Å². The van der Waals surface area contributed by atoms with Crippen molar-refractivity contribution in [2.24, 2.45) is 5.73 Å². The van der Waals surface area contributed by atoms with Crippen molar-refractivity contribution in [1.82, 2.24) is 0 Å². The zero-order chi connectivity index (χ0) is 41.8. The summed E-state index contributed by atoms with van der Waals surface area (Å²) in [5.74, 6) is -0.839. The Morgan fingerprint density at radius 3 is 1.44 bits per heavy atom. The van der Waals surface area contributed by atoms with Crippen LogP contribution < -0.4 is 5.73 Å². The molecule has 0 heterocycles. The van der Waals surface area contributed by atoms with Crippen LogP contribution in [0.1, 0.15) is 206 Å². The van der Waals surface area contributed by atoms with Crippen molar-refractivity contribution in [3.05, 3.63) is 48.6 Å². The van der Waals surface area contributed by atoms with Gasteiger partial charge >= 0.3 is 19.8 Å². The van der Waals surface area contributed by atoms with Crippen LogP contribution in [0.25, 0.3) is 0 Å². The van der Waals surface area contributed by atoms with Crippen LogP contribution in [0.15, 0.2) is 48.6 Å². The molecule has 0 amide bonds. The molecule has 0 aliphatic rings. The van der Waals surface area contributed by atoms with Crippen molar-refractivity contribution in [1.29, 1.82) is 0 Å². The number of allylic oxidation sites excluding steroid dienone is 8. The summed E-state index contributed by atoms with van der Waals surface area (Å²) >= 11 is 0. The number of hydrogen-bond acceptors (Lipinski definition) is 8. The lowest BCUT2D eigenvalue weighted by molar-refractivity contribution is -0.161. The number of carbonyl (C=O) groups is 2. The first kappa shape index (κ1) is 55.0. The number of ether oxygens (including phenoxy) is 2. The number of unbranched alkanes of at least 4 members (excludes halogenated alkanes) is 22. The van der Waals surface area contributed by atoms with Crippen LogP contribution in [0.4, 0.5) is 0 Å². The first-order valence-electron chi connectivity index (χ1n) is 23.1. The van der Waals surface area contributed by atoms with E-state index in [-0.39, 0.29) is 38.6 Å². The fourth-order valence-corrected chi connectivity index (χ4v) is 7.10. The van der Waals surface area contributed by atoms with Crippen molar-refractivity contribution < 1.29 is 37.6 Å². The molecule has 0 fully saturated rings. The molecule has 0 saturated heterocycles. The first-order chi connectivity index (χ1) is 27.8. The topological polar surface area (TPSA) is 134 Å². The Hall–Kier alpha value is -2.03. The fourth-order valence-electron chi connectivity index (χ4n) is 6.33. The van der Waals surface area contributed by atoms with Crippen molar-refractivity contribution in [2.75, 3.05) is 26.4 Å². The monoisotopic (exact) mass is 824 g/mol. The number of nitrogens with two attached hydrogens (primary N) is 1. The number of phosphoric acid groups is 1. The zero-order valence-electron chi connectivity index (χ0n) is 36.6. The first-order valence-corrected chi connectivity index (χ1v) is 24.6. The maximum atomic E-state index is 12.6. The molecule has 332 valence electrons. The van der Waals surface area contributed by atoms with Gasteiger partial charge in [0.25, 0.3) is 0 Å². The summed E-state index contributed by atoms with van der Waals surface area (Å²) in [5.41, 5.74) is 5.35. The van der Waals surface area contributed by atoms with E-state index in [9.17, 15) is 19.0 Å². The molecule has 0 aliphatic carbocycles. The van der Waals surface area contributed by atoms with Gasteiger partial charge in [-0.15, -0.1) is 0 Å². The fraction of sp³-hybridized carbons (Fsp3) is 0.787. The van der Waals surface area contributed by atoms with Crippen LogP contribution in [0, 0.1) is 0 Å². The van der Waals surface area contributed by atoms with E-state index in [1.54, 1.807) is 0 Å². The summed E-state index contributed by atoms with van der Waals surface area (Å²) in [4.78, 5) is 34.9. The molecule has 0 aliphatic heterocycles. The van der Waals surface area contributed by atoms with Gasteiger partial charge in [0.1, 0.15) is 6.61 Å². The summed E-state index contributed by atoms with van der Waals surface area (Å²) in [6.45, 7) is 3.62. The summed E-state index contributed by atoms with van der Waals surface area (Å²) < 4.78 is 32.8. The largest absolute Gasteiger partial charge is 0.472 e. The van der Waals surface area contributed by atoms with Gasteiger partial charge in [0, 0.05) is 19.4 Å². The molecular weight excluding hydrogens is 737 g/mol. The van der Waals surface area contributed by atoms with Crippen molar-refractivity contribution in [2.45, 2.75) is 213 Å². The summed E-state index contributed by atoms with van der Waals surface area (Å²) in [6.07, 6.45) is 49.9. The predicted molar refractivity (Wildman–Crippen MR) is 238 cm³/mol. The number of esters is 2. The third kappa shape index (κ3) is 43.4. The predicted octanol–water partition coefficient (Wildman–Crippen LogP) is 13.5. The third-order valence-corrected chi connectivity index (χ3v) is 10.7. The zero-order valence-corrected chi connectivity index (χ0v) is 37.5. The highest BCUT2D eigenvalue weighted by atomic mass is 31.2. The summed E-state index contributed by atoms with van der Waals surface area (Å²) in [6, 6.07) is 0. The molecular formula is C47H86NO8P. The quantitative estimate of drug-likeness (QED) is 0.0267. The lowest BCUT2D eigenvalue weighted by atomic mass is 10.0. The molecule has 57 heavy (non-hydrogen) atoms. The minimum absolute atomic E-state index is 0.0502. The van der Waals surface area contributed by atoms with E-state index in [2.05, 4.69) is 62.5 Å². The Balaban J connectivity index is 4.13. The standard InChI is InChI=1S/C47H86NO8P/c1-3-5-7-9-11-13-15-17-19-21-22-24-26-28-30-32-34-36-38-40-47(50)56-45(44-55-57(51,52)54-42-41-48)43-53-46(49)39-37-35-33-31-29-27-25-23-20-18-16-14-12-10-8-6-4-2/h5,7,11,13,17,19,22,24,45H,3-4,6,8-10,12,14-16,18,20-21,23,25-44,48H2,1-2H3,(H,51,52)/b7-5-,13-11-,19-17-,24-22-. The smallest absolute Gasteiger partial charge is 0.462 e. The van der Waals surface area contributed by atoms with Gasteiger partial charge in [0.05, 0.1) is 13.2 Å². The van der Waals surface area contributed by atoms with Crippen LogP contribution >= 0.6 is 7.82 Å². The average Bonchev–Trinajstić information content (AvgIpc) is 3.20. The van der Waals surface area contributed by atoms with Gasteiger partial charge in [-0.2, -0.15) is 0 Å². The van der Waals surface area contributed by atoms with Crippen molar-refractivity contribution in [3.8, 4) is 0 Å². The summed E-state index contributed by atoms with van der Waals surface area (Å²) in [5, 5.41) is 0. The summed E-state index contributed by atoms with van der Waals surface area (Å²) in [7, 11) is -4.38. The number of phosphoric ester groups is 1. The van der Waals surface area contributed by atoms with E-state index in [0.29, 0.717) is 6.42 Å². The SMILES string of the molecule is CC/C=C\C/C=C\C/C=C\C/C=C\CCCCCCCCC(=O)OC(COC(=O)CCCCCCCCCCCCCCCCCCC)COP(=O)(O)OCCN. The minimum atomic E-state index is -4.38. The second-order valence-electron chi connectivity index (χ2n) is 15.2. The highest BCUT2D eigenvalue weighted by Gasteiger charge is 2.26. The van der Waals surface area contributed by atoms with Crippen LogP contribution in [-0.2, 0) is 32.7 Å². The normalized spacial score (nSPS) is 13.7. The van der Waals surface area contributed by atoms with Gasteiger partial charge < -0.3 is 20.1 Å². The van der Waals surface area contributed by atoms with Gasteiger partial charge in [-0.05, 0) is 51.4 Å². The molecule has 0 rings (SSSR count). The Morgan fingerprint density at radius 2 is 0.965 bits per heavy atom. The molecule has 0 aromatic rings. The number of hydrogen-bond donors (Lipinski definition) is 2. The van der Waals surface area contributed by atoms with Crippen LogP contribution in [0.3, 0.4) is 0 Å². The van der Waals surface area contributed by atoms with Gasteiger partial charge in [-0.25, -0.2) is 4.57 Å². The number of rotatable bonds is 43. The van der Waals surface area contributed by atoms with Gasteiger partial charge in [-0.1, -0.05) is 191 Å². The molecule has 2 atom stereocenters. The van der Waals surface area contributed by atoms with Crippen molar-refractivity contribution in [3.63, 3.8) is 0 Å². The van der Waals surface area contributed by atoms with Gasteiger partial charge in [0.2, 0.25) is 0 Å². The Bertz CT molecular complexity index is 1080.